The van der Waals surface area contributed by atoms with Crippen LogP contribution in [0.5, 0.6) is 0 Å². The summed E-state index contributed by atoms with van der Waals surface area (Å²) in [6.07, 6.45) is -4.31. The van der Waals surface area contributed by atoms with E-state index in [9.17, 15) is 31.2 Å². The molecule has 1 aromatic carbocycles. The molecule has 0 unspecified atom stereocenters. The number of carboxylic acid groups (broad SMARTS) is 1. The fourth-order valence-electron chi connectivity index (χ4n) is 2.62. The summed E-state index contributed by atoms with van der Waals surface area (Å²) in [6.45, 7) is 3.47. The molecule has 1 amide bonds. The second-order valence-electron chi connectivity index (χ2n) is 7.40. The highest BCUT2D eigenvalue weighted by molar-refractivity contribution is 7.92. The first-order valence-electron chi connectivity index (χ1n) is 10.7. The van der Waals surface area contributed by atoms with Crippen LogP contribution in [0.2, 0.25) is 0 Å². The number of nitrogens with one attached hydrogen (secondary N) is 4. The molecule has 0 aliphatic rings. The molecule has 0 fully saturated rings. The number of aromatic nitrogens is 1. The van der Waals surface area contributed by atoms with Gasteiger partial charge in [0.2, 0.25) is 11.9 Å². The minimum Gasteiger partial charge on any atom is -0.475 e. The minimum atomic E-state index is -5.08. The lowest BCUT2D eigenvalue weighted by molar-refractivity contribution is -0.192. The first-order valence-corrected chi connectivity index (χ1v) is 12.2. The molecule has 0 atom stereocenters. The number of alkyl halides is 3. The second-order valence-corrected chi connectivity index (χ2v) is 9.08. The molecule has 2 aromatic rings. The normalized spacial score (nSPS) is 11.1. The van der Waals surface area contributed by atoms with Gasteiger partial charge in [-0.1, -0.05) is 19.1 Å². The lowest BCUT2D eigenvalue weighted by Gasteiger charge is -2.14. The van der Waals surface area contributed by atoms with Crippen LogP contribution in [0, 0.1) is 12.3 Å². The number of anilines is 1. The number of hydrogen-bond acceptors (Lipinski definition) is 7. The Bertz CT molecular complexity index is 1300. The Morgan fingerprint density at radius 1 is 1.16 bits per heavy atom. The molecule has 0 aliphatic carbocycles. The van der Waals surface area contributed by atoms with Gasteiger partial charge in [0.15, 0.2) is 0 Å². The van der Waals surface area contributed by atoms with Crippen LogP contribution in [0.3, 0.4) is 0 Å². The van der Waals surface area contributed by atoms with E-state index in [2.05, 4.69) is 15.5 Å². The average molecular weight is 565 g/mol. The Morgan fingerprint density at radius 2 is 1.74 bits per heavy atom. The van der Waals surface area contributed by atoms with Crippen molar-refractivity contribution in [3.8, 4) is 0 Å². The third-order valence-electron chi connectivity index (χ3n) is 4.53. The molecule has 1 heterocycles. The van der Waals surface area contributed by atoms with E-state index in [0.29, 0.717) is 5.69 Å². The summed E-state index contributed by atoms with van der Waals surface area (Å²) < 4.78 is 60.5. The van der Waals surface area contributed by atoms with Crippen molar-refractivity contribution < 1.29 is 41.1 Å². The number of carbonyl (C=O) groups is 2. The average Bonchev–Trinajstić information content (AvgIpc) is 2.83. The number of hydroxylamine groups is 1. The first-order chi connectivity index (χ1) is 17.6. The van der Waals surface area contributed by atoms with Crippen molar-refractivity contribution in [1.29, 1.82) is 5.41 Å². The van der Waals surface area contributed by atoms with Crippen molar-refractivity contribution in [1.82, 2.24) is 15.4 Å². The van der Waals surface area contributed by atoms with Crippen molar-refractivity contribution in [2.75, 3.05) is 17.9 Å². The van der Waals surface area contributed by atoms with Crippen LogP contribution >= 0.6 is 0 Å². The monoisotopic (exact) mass is 564 g/mol. The van der Waals surface area contributed by atoms with E-state index >= 15 is 0 Å². The van der Waals surface area contributed by atoms with E-state index < -0.39 is 33.6 Å². The van der Waals surface area contributed by atoms with Gasteiger partial charge in [0, 0.05) is 12.2 Å². The van der Waals surface area contributed by atoms with Crippen molar-refractivity contribution >= 4 is 33.5 Å². The first kappa shape index (κ1) is 31.9. The Balaban J connectivity index is 0.000000905. The molecule has 0 saturated heterocycles. The number of carboxylic acids is 1. The third kappa shape index (κ3) is 10.5. The number of sulfonamides is 1. The van der Waals surface area contributed by atoms with E-state index in [1.54, 1.807) is 25.1 Å². The topological polar surface area (TPSA) is 206 Å². The Kier molecular flexibility index (Phi) is 11.7. The molecule has 13 nitrogen and oxygen atoms in total. The maximum Gasteiger partial charge on any atom is 0.490 e. The largest absolute Gasteiger partial charge is 0.490 e. The number of pyridine rings is 1. The van der Waals surface area contributed by atoms with Crippen LogP contribution in [0.25, 0.3) is 0 Å². The van der Waals surface area contributed by atoms with E-state index in [4.69, 9.17) is 25.9 Å². The van der Waals surface area contributed by atoms with Gasteiger partial charge in [-0.25, -0.2) is 18.7 Å². The molecule has 17 heteroatoms. The standard InChI is InChI=1S/C19H26N6O5S.C2HF3O2/c1-3-14-5-7-15(8-6-14)31(28,29)24-16-9-4-13(2)25(18(16)27)12-17(26)22-10-11-30-23-19(20)21;3-2(4,5)1(6)7/h4-9,24H,3,10-12H2,1-2H3,(H,22,26)(H4,20,21,23);(H,6,7). The summed E-state index contributed by atoms with van der Waals surface area (Å²) in [5.74, 6) is -3.59. The van der Waals surface area contributed by atoms with E-state index in [0.717, 1.165) is 12.0 Å². The van der Waals surface area contributed by atoms with Crippen molar-refractivity contribution in [3.05, 3.63) is 58.0 Å². The van der Waals surface area contributed by atoms with Gasteiger partial charge in [-0.05, 0) is 43.2 Å². The molecule has 2 rings (SSSR count). The number of guanidine groups is 1. The zero-order valence-corrected chi connectivity index (χ0v) is 21.1. The fraction of sp³-hybridized carbons (Fsp3) is 0.333. The number of amides is 1. The number of aliphatic carboxylic acids is 1. The SMILES string of the molecule is CCc1ccc(S(=O)(=O)Nc2ccc(C)n(CC(=O)NCCONC(=N)N)c2=O)cc1.O=C(O)C(F)(F)F. The number of rotatable bonds is 10. The van der Waals surface area contributed by atoms with Gasteiger partial charge in [-0.3, -0.25) is 24.6 Å². The minimum absolute atomic E-state index is 0.0353. The molecule has 7 N–H and O–H groups in total. The number of carbonyl (C=O) groups excluding carboxylic acids is 1. The number of nitrogens with two attached hydrogens (primary N) is 1. The zero-order chi connectivity index (χ0) is 29.1. The summed E-state index contributed by atoms with van der Waals surface area (Å²) in [5, 5.41) is 16.6. The van der Waals surface area contributed by atoms with Gasteiger partial charge >= 0.3 is 12.1 Å². The molecule has 1 aromatic heterocycles. The van der Waals surface area contributed by atoms with E-state index in [1.807, 2.05) is 6.92 Å². The molecule has 38 heavy (non-hydrogen) atoms. The molecule has 0 spiro atoms. The molecule has 0 radical (unpaired) electrons. The van der Waals surface area contributed by atoms with Gasteiger partial charge in [0.05, 0.1) is 11.5 Å². The molecule has 0 saturated carbocycles. The molecular formula is C21H27F3N6O7S. The van der Waals surface area contributed by atoms with Crippen LogP contribution in [-0.2, 0) is 37.4 Å². The highest BCUT2D eigenvalue weighted by Crippen LogP contribution is 2.15. The Morgan fingerprint density at radius 3 is 2.24 bits per heavy atom. The molecule has 210 valence electrons. The maximum absolute atomic E-state index is 12.8. The van der Waals surface area contributed by atoms with Gasteiger partial charge in [0.1, 0.15) is 12.2 Å². The Labute approximate surface area is 215 Å². The third-order valence-corrected chi connectivity index (χ3v) is 5.91. The molecular weight excluding hydrogens is 537 g/mol. The summed E-state index contributed by atoms with van der Waals surface area (Å²) in [6, 6.07) is 9.29. The number of benzene rings is 1. The van der Waals surface area contributed by atoms with E-state index in [-0.39, 0.29) is 36.2 Å². The lowest BCUT2D eigenvalue weighted by atomic mass is 10.2. The summed E-state index contributed by atoms with van der Waals surface area (Å²) >= 11 is 0. The zero-order valence-electron chi connectivity index (χ0n) is 20.3. The number of hydrogen-bond donors (Lipinski definition) is 6. The van der Waals surface area contributed by atoms with E-state index in [1.165, 1.54) is 22.8 Å². The van der Waals surface area contributed by atoms with Crippen LogP contribution in [0.4, 0.5) is 18.9 Å². The van der Waals surface area contributed by atoms with Gasteiger partial charge in [-0.15, -0.1) is 0 Å². The second kappa shape index (κ2) is 14.0. The number of aryl methyl sites for hydroxylation is 2. The summed E-state index contributed by atoms with van der Waals surface area (Å²) in [4.78, 5) is 38.7. The summed E-state index contributed by atoms with van der Waals surface area (Å²) in [7, 11) is -3.96. The van der Waals surface area contributed by atoms with Crippen molar-refractivity contribution in [2.24, 2.45) is 5.73 Å². The van der Waals surface area contributed by atoms with Crippen molar-refractivity contribution in [3.63, 3.8) is 0 Å². The van der Waals surface area contributed by atoms with Gasteiger partial charge in [0.25, 0.3) is 15.6 Å². The van der Waals surface area contributed by atoms with Crippen LogP contribution in [-0.4, -0.2) is 55.3 Å². The highest BCUT2D eigenvalue weighted by atomic mass is 32.2. The van der Waals surface area contributed by atoms with Crippen LogP contribution in [0.15, 0.2) is 46.1 Å². The highest BCUT2D eigenvalue weighted by Gasteiger charge is 2.38. The number of nitrogens with zero attached hydrogens (tertiary/aromatic N) is 1. The quantitative estimate of drug-likeness (QED) is 0.104. The van der Waals surface area contributed by atoms with Crippen molar-refractivity contribution in [2.45, 2.75) is 37.9 Å². The lowest BCUT2D eigenvalue weighted by Crippen LogP contribution is -2.37. The summed E-state index contributed by atoms with van der Waals surface area (Å²) in [5.41, 5.74) is 7.86. The number of halogens is 3. The maximum atomic E-state index is 12.8. The molecule has 0 aliphatic heterocycles. The fourth-order valence-corrected chi connectivity index (χ4v) is 3.68. The van der Waals surface area contributed by atoms with Gasteiger partial charge in [-0.2, -0.15) is 13.2 Å². The predicted octanol–water partition coefficient (Wildman–Crippen LogP) is 0.684. The smallest absolute Gasteiger partial charge is 0.475 e. The van der Waals surface area contributed by atoms with Crippen LogP contribution in [0.1, 0.15) is 18.2 Å². The van der Waals surface area contributed by atoms with Crippen LogP contribution < -0.4 is 26.8 Å². The molecule has 0 bridgehead atoms. The predicted molar refractivity (Wildman–Crippen MR) is 130 cm³/mol. The Hall–Kier alpha value is -4.12. The van der Waals surface area contributed by atoms with Gasteiger partial charge < -0.3 is 20.7 Å².